The summed E-state index contributed by atoms with van der Waals surface area (Å²) in [7, 11) is 0. The van der Waals surface area contributed by atoms with Crippen LogP contribution in [0.1, 0.15) is 13.8 Å². The normalized spacial score (nSPS) is 10.6. The number of amides is 1. The van der Waals surface area contributed by atoms with Crippen molar-refractivity contribution in [3.05, 3.63) is 29.8 Å². The molecule has 1 amide bonds. The van der Waals surface area contributed by atoms with Gasteiger partial charge < -0.3 is 10.6 Å². The number of hydrogen-bond acceptors (Lipinski definition) is 2. The minimum absolute atomic E-state index is 0.107. The Morgan fingerprint density at radius 2 is 1.81 bits per heavy atom. The molecule has 0 heterocycles. The monoisotopic (exact) mass is 228 g/mol. The summed E-state index contributed by atoms with van der Waals surface area (Å²) in [6.07, 6.45) is 0. The topological polar surface area (TPSA) is 41.1 Å². The van der Waals surface area contributed by atoms with Gasteiger partial charge in [0.1, 0.15) is 11.6 Å². The van der Waals surface area contributed by atoms with Gasteiger partial charge in [-0.3, -0.25) is 4.79 Å². The molecule has 0 aliphatic rings. The summed E-state index contributed by atoms with van der Waals surface area (Å²) >= 11 is 0. The summed E-state index contributed by atoms with van der Waals surface area (Å²) in [4.78, 5) is 11.3. The van der Waals surface area contributed by atoms with Crippen LogP contribution in [0.15, 0.2) is 18.2 Å². The molecule has 0 bridgehead atoms. The fourth-order valence-electron chi connectivity index (χ4n) is 1.13. The Hall–Kier alpha value is -1.49. The van der Waals surface area contributed by atoms with E-state index in [1.165, 1.54) is 0 Å². The SMILES string of the molecule is CC(C)NCC(=O)Nc1cc(F)cc(F)c1. The van der Waals surface area contributed by atoms with Crippen molar-refractivity contribution in [1.29, 1.82) is 0 Å². The first kappa shape index (κ1) is 12.6. The zero-order chi connectivity index (χ0) is 12.1. The van der Waals surface area contributed by atoms with Crippen LogP contribution in [0, 0.1) is 11.6 Å². The van der Waals surface area contributed by atoms with Gasteiger partial charge in [0.25, 0.3) is 0 Å². The number of halogens is 2. The van der Waals surface area contributed by atoms with Gasteiger partial charge in [-0.2, -0.15) is 0 Å². The van der Waals surface area contributed by atoms with Gasteiger partial charge in [-0.1, -0.05) is 13.8 Å². The van der Waals surface area contributed by atoms with Crippen LogP contribution in [0.25, 0.3) is 0 Å². The summed E-state index contributed by atoms with van der Waals surface area (Å²) in [5.74, 6) is -1.77. The molecule has 0 unspecified atom stereocenters. The van der Waals surface area contributed by atoms with E-state index in [0.717, 1.165) is 18.2 Å². The Morgan fingerprint density at radius 3 is 2.31 bits per heavy atom. The van der Waals surface area contributed by atoms with Crippen LogP contribution >= 0.6 is 0 Å². The molecule has 5 heteroatoms. The van der Waals surface area contributed by atoms with Gasteiger partial charge in [0, 0.05) is 17.8 Å². The number of anilines is 1. The largest absolute Gasteiger partial charge is 0.325 e. The summed E-state index contributed by atoms with van der Waals surface area (Å²) in [6, 6.07) is 3.06. The van der Waals surface area contributed by atoms with E-state index in [9.17, 15) is 13.6 Å². The zero-order valence-electron chi connectivity index (χ0n) is 9.18. The molecule has 0 aliphatic heterocycles. The van der Waals surface area contributed by atoms with E-state index >= 15 is 0 Å². The number of hydrogen-bond donors (Lipinski definition) is 2. The Balaban J connectivity index is 2.56. The zero-order valence-corrected chi connectivity index (χ0v) is 9.18. The molecule has 3 nitrogen and oxygen atoms in total. The van der Waals surface area contributed by atoms with Gasteiger partial charge in [-0.15, -0.1) is 0 Å². The maximum Gasteiger partial charge on any atom is 0.238 e. The molecule has 0 aromatic heterocycles. The lowest BCUT2D eigenvalue weighted by atomic mass is 10.3. The Bertz CT molecular complexity index is 360. The third-order valence-electron chi connectivity index (χ3n) is 1.82. The second-order valence-electron chi connectivity index (χ2n) is 3.74. The first-order chi connectivity index (χ1) is 7.47. The molecule has 0 fully saturated rings. The smallest absolute Gasteiger partial charge is 0.238 e. The van der Waals surface area contributed by atoms with Crippen LogP contribution in [0.5, 0.6) is 0 Å². The van der Waals surface area contributed by atoms with Crippen molar-refractivity contribution in [1.82, 2.24) is 5.32 Å². The van der Waals surface area contributed by atoms with Gasteiger partial charge in [-0.05, 0) is 12.1 Å². The lowest BCUT2D eigenvalue weighted by molar-refractivity contribution is -0.115. The van der Waals surface area contributed by atoms with Crippen molar-refractivity contribution in [2.24, 2.45) is 0 Å². The Labute approximate surface area is 92.8 Å². The molecule has 1 rings (SSSR count). The van der Waals surface area contributed by atoms with Crippen molar-refractivity contribution < 1.29 is 13.6 Å². The standard InChI is InChI=1S/C11H14F2N2O/c1-7(2)14-6-11(16)15-10-4-8(12)3-9(13)5-10/h3-5,7,14H,6H2,1-2H3,(H,15,16). The Kier molecular flexibility index (Phi) is 4.37. The molecule has 0 radical (unpaired) electrons. The van der Waals surface area contributed by atoms with Crippen LogP contribution in [0.4, 0.5) is 14.5 Å². The molecule has 0 atom stereocenters. The number of nitrogens with one attached hydrogen (secondary N) is 2. The molecule has 16 heavy (non-hydrogen) atoms. The van der Waals surface area contributed by atoms with Crippen molar-refractivity contribution >= 4 is 11.6 Å². The predicted molar refractivity (Wildman–Crippen MR) is 58.1 cm³/mol. The molecule has 88 valence electrons. The molecule has 1 aromatic carbocycles. The van der Waals surface area contributed by atoms with Gasteiger partial charge >= 0.3 is 0 Å². The molecular formula is C11H14F2N2O. The highest BCUT2D eigenvalue weighted by Crippen LogP contribution is 2.12. The lowest BCUT2D eigenvalue weighted by Crippen LogP contribution is -2.32. The molecule has 0 saturated carbocycles. The number of carbonyl (C=O) groups is 1. The maximum atomic E-state index is 12.8. The van der Waals surface area contributed by atoms with Crippen molar-refractivity contribution in [3.8, 4) is 0 Å². The van der Waals surface area contributed by atoms with Crippen LogP contribution in [-0.4, -0.2) is 18.5 Å². The summed E-state index contributed by atoms with van der Waals surface area (Å²) in [5.41, 5.74) is 0.119. The second-order valence-corrected chi connectivity index (χ2v) is 3.74. The fraction of sp³-hybridized carbons (Fsp3) is 0.364. The molecule has 2 N–H and O–H groups in total. The highest BCUT2D eigenvalue weighted by molar-refractivity contribution is 5.92. The first-order valence-corrected chi connectivity index (χ1v) is 4.96. The number of rotatable bonds is 4. The minimum atomic E-state index is -0.716. The van der Waals surface area contributed by atoms with E-state index in [4.69, 9.17) is 0 Å². The third-order valence-corrected chi connectivity index (χ3v) is 1.82. The highest BCUT2D eigenvalue weighted by Gasteiger charge is 2.05. The Morgan fingerprint density at radius 1 is 1.25 bits per heavy atom. The second kappa shape index (κ2) is 5.55. The van der Waals surface area contributed by atoms with Gasteiger partial charge in [0.05, 0.1) is 6.54 Å². The average Bonchev–Trinajstić information content (AvgIpc) is 2.12. The lowest BCUT2D eigenvalue weighted by Gasteiger charge is -2.09. The molecule has 0 saturated heterocycles. The van der Waals surface area contributed by atoms with Gasteiger partial charge in [0.15, 0.2) is 0 Å². The molecule has 0 spiro atoms. The van der Waals surface area contributed by atoms with Crippen molar-refractivity contribution in [3.63, 3.8) is 0 Å². The van der Waals surface area contributed by atoms with Crippen LogP contribution < -0.4 is 10.6 Å². The maximum absolute atomic E-state index is 12.8. The van der Waals surface area contributed by atoms with E-state index < -0.39 is 11.6 Å². The third kappa shape index (κ3) is 4.35. The summed E-state index contributed by atoms with van der Waals surface area (Å²) < 4.78 is 25.6. The van der Waals surface area contributed by atoms with E-state index in [1.807, 2.05) is 13.8 Å². The van der Waals surface area contributed by atoms with Gasteiger partial charge in [-0.25, -0.2) is 8.78 Å². The summed E-state index contributed by atoms with van der Waals surface area (Å²) in [6.45, 7) is 3.90. The number of benzene rings is 1. The summed E-state index contributed by atoms with van der Waals surface area (Å²) in [5, 5.41) is 5.29. The molecular weight excluding hydrogens is 214 g/mol. The van der Waals surface area contributed by atoms with E-state index in [1.54, 1.807) is 0 Å². The van der Waals surface area contributed by atoms with E-state index in [0.29, 0.717) is 0 Å². The van der Waals surface area contributed by atoms with Crippen LogP contribution in [0.3, 0.4) is 0 Å². The number of carbonyl (C=O) groups excluding carboxylic acids is 1. The predicted octanol–water partition coefficient (Wildman–Crippen LogP) is 1.90. The van der Waals surface area contributed by atoms with Crippen molar-refractivity contribution in [2.45, 2.75) is 19.9 Å². The fourth-order valence-corrected chi connectivity index (χ4v) is 1.13. The van der Waals surface area contributed by atoms with Gasteiger partial charge in [0.2, 0.25) is 5.91 Å². The first-order valence-electron chi connectivity index (χ1n) is 4.96. The van der Waals surface area contributed by atoms with Crippen LogP contribution in [0.2, 0.25) is 0 Å². The molecule has 0 aliphatic carbocycles. The molecule has 1 aromatic rings. The highest BCUT2D eigenvalue weighted by atomic mass is 19.1. The minimum Gasteiger partial charge on any atom is -0.325 e. The van der Waals surface area contributed by atoms with Crippen LogP contribution in [-0.2, 0) is 4.79 Å². The van der Waals surface area contributed by atoms with Crippen molar-refractivity contribution in [2.75, 3.05) is 11.9 Å². The van der Waals surface area contributed by atoms with E-state index in [-0.39, 0.29) is 24.2 Å². The average molecular weight is 228 g/mol. The van der Waals surface area contributed by atoms with E-state index in [2.05, 4.69) is 10.6 Å². The quantitative estimate of drug-likeness (QED) is 0.826.